The van der Waals surface area contributed by atoms with E-state index in [9.17, 15) is 4.79 Å². The zero-order valence-corrected chi connectivity index (χ0v) is 11.0. The van der Waals surface area contributed by atoms with Crippen molar-refractivity contribution >= 4 is 5.91 Å². The molecule has 3 aliphatic rings. The lowest BCUT2D eigenvalue weighted by Crippen LogP contribution is -2.33. The highest BCUT2D eigenvalue weighted by Crippen LogP contribution is 2.48. The summed E-state index contributed by atoms with van der Waals surface area (Å²) in [5.41, 5.74) is 2.44. The van der Waals surface area contributed by atoms with Crippen molar-refractivity contribution in [2.45, 2.75) is 25.6 Å². The van der Waals surface area contributed by atoms with Crippen LogP contribution in [0.4, 0.5) is 0 Å². The Balaban J connectivity index is 1.69. The highest BCUT2D eigenvalue weighted by molar-refractivity contribution is 5.84. The molecule has 1 amide bonds. The molecule has 1 aliphatic carbocycles. The van der Waals surface area contributed by atoms with Crippen molar-refractivity contribution in [2.75, 3.05) is 6.61 Å². The summed E-state index contributed by atoms with van der Waals surface area (Å²) in [5.74, 6) is 0.802. The summed E-state index contributed by atoms with van der Waals surface area (Å²) in [6, 6.07) is 10.3. The minimum atomic E-state index is -0.182. The number of hydrogen-bond donors (Lipinski definition) is 0. The molecule has 19 heavy (non-hydrogen) atoms. The lowest BCUT2D eigenvalue weighted by atomic mass is 9.94. The molecule has 2 saturated heterocycles. The zero-order valence-electron chi connectivity index (χ0n) is 11.0. The van der Waals surface area contributed by atoms with E-state index in [0.29, 0.717) is 12.5 Å². The summed E-state index contributed by atoms with van der Waals surface area (Å²) in [6.45, 7) is 2.79. The fraction of sp³-hybridized carbons (Fsp3) is 0.438. The quantitative estimate of drug-likeness (QED) is 0.722. The van der Waals surface area contributed by atoms with Crippen LogP contribution in [0, 0.1) is 11.8 Å². The highest BCUT2D eigenvalue weighted by Gasteiger charge is 2.55. The van der Waals surface area contributed by atoms with Gasteiger partial charge in [0.05, 0.1) is 18.6 Å². The maximum absolute atomic E-state index is 12.6. The highest BCUT2D eigenvalue weighted by atomic mass is 16.5. The topological polar surface area (TPSA) is 29.5 Å². The van der Waals surface area contributed by atoms with Crippen LogP contribution in [0.3, 0.4) is 0 Å². The van der Waals surface area contributed by atoms with E-state index in [1.165, 1.54) is 5.57 Å². The van der Waals surface area contributed by atoms with Gasteiger partial charge in [0, 0.05) is 11.5 Å². The van der Waals surface area contributed by atoms with Crippen molar-refractivity contribution < 1.29 is 9.53 Å². The Morgan fingerprint density at radius 2 is 2.05 bits per heavy atom. The third-order valence-electron chi connectivity index (χ3n) is 4.62. The number of rotatable bonds is 1. The van der Waals surface area contributed by atoms with E-state index in [2.05, 4.69) is 13.0 Å². The Labute approximate surface area is 112 Å². The van der Waals surface area contributed by atoms with Gasteiger partial charge in [-0.1, -0.05) is 42.0 Å². The summed E-state index contributed by atoms with van der Waals surface area (Å²) in [7, 11) is 0. The van der Waals surface area contributed by atoms with Crippen LogP contribution in [0.25, 0.3) is 0 Å². The van der Waals surface area contributed by atoms with Gasteiger partial charge in [0.1, 0.15) is 0 Å². The van der Waals surface area contributed by atoms with Gasteiger partial charge in [0.2, 0.25) is 5.91 Å². The van der Waals surface area contributed by atoms with E-state index in [1.807, 2.05) is 35.2 Å². The number of carbonyl (C=O) groups excluding carboxylic acids is 1. The molecule has 1 aromatic carbocycles. The first-order valence-electron chi connectivity index (χ1n) is 6.92. The van der Waals surface area contributed by atoms with Crippen molar-refractivity contribution in [3.8, 4) is 0 Å². The molecule has 2 fully saturated rings. The van der Waals surface area contributed by atoms with Crippen LogP contribution in [0.15, 0.2) is 42.0 Å². The summed E-state index contributed by atoms with van der Waals surface area (Å²) >= 11 is 0. The molecule has 0 bridgehead atoms. The molecular formula is C16H17NO2. The summed E-state index contributed by atoms with van der Waals surface area (Å²) < 4.78 is 5.90. The lowest BCUT2D eigenvalue weighted by molar-refractivity contribution is -0.137. The van der Waals surface area contributed by atoms with E-state index in [4.69, 9.17) is 4.74 Å². The zero-order chi connectivity index (χ0) is 13.0. The average Bonchev–Trinajstić information content (AvgIpc) is 3.06. The van der Waals surface area contributed by atoms with Crippen LogP contribution in [-0.4, -0.2) is 23.5 Å². The van der Waals surface area contributed by atoms with Gasteiger partial charge in [0.25, 0.3) is 0 Å². The van der Waals surface area contributed by atoms with E-state index in [1.54, 1.807) is 0 Å². The van der Waals surface area contributed by atoms with E-state index in [-0.39, 0.29) is 24.1 Å². The fourth-order valence-electron chi connectivity index (χ4n) is 3.79. The number of ether oxygens (including phenoxy) is 1. The first kappa shape index (κ1) is 11.2. The molecule has 0 N–H and O–H groups in total. The number of nitrogens with zero attached hydrogens (tertiary/aromatic N) is 1. The van der Waals surface area contributed by atoms with Crippen molar-refractivity contribution in [1.29, 1.82) is 0 Å². The van der Waals surface area contributed by atoms with E-state index in [0.717, 1.165) is 12.0 Å². The van der Waals surface area contributed by atoms with Gasteiger partial charge in [-0.25, -0.2) is 0 Å². The number of carbonyl (C=O) groups is 1. The minimum absolute atomic E-state index is 0.167. The molecule has 0 aromatic heterocycles. The Bertz CT molecular complexity index is 551. The van der Waals surface area contributed by atoms with Crippen LogP contribution < -0.4 is 0 Å². The number of allylic oxidation sites excluding steroid dienone is 1. The molecule has 0 spiro atoms. The molecule has 4 atom stereocenters. The summed E-state index contributed by atoms with van der Waals surface area (Å²) in [4.78, 5) is 14.6. The third-order valence-corrected chi connectivity index (χ3v) is 4.62. The lowest BCUT2D eigenvalue weighted by Gasteiger charge is -2.23. The third kappa shape index (κ3) is 1.51. The van der Waals surface area contributed by atoms with Gasteiger partial charge >= 0.3 is 0 Å². The van der Waals surface area contributed by atoms with Crippen LogP contribution in [0.2, 0.25) is 0 Å². The standard InChI is InChI=1S/C16H17NO2/c1-10-7-12-13(8-10)15(18)17-14(12)9-19-16(17)11-5-3-2-4-6-11/h2-7,12-14,16H,8-9H2,1H3/t12-,13+,14+,16+/m0/s1. The smallest absolute Gasteiger partial charge is 0.229 e. The monoisotopic (exact) mass is 255 g/mol. The molecule has 0 radical (unpaired) electrons. The Morgan fingerprint density at radius 3 is 2.84 bits per heavy atom. The van der Waals surface area contributed by atoms with Gasteiger partial charge in [-0.3, -0.25) is 4.79 Å². The first-order valence-corrected chi connectivity index (χ1v) is 6.92. The SMILES string of the molecule is CC1=C[C@@H]2[C@H]3CO[C@H](c4ccccc4)N3C(=O)[C@@H]2C1. The van der Waals surface area contributed by atoms with E-state index >= 15 is 0 Å². The molecule has 2 aliphatic heterocycles. The Hall–Kier alpha value is -1.61. The normalized spacial score (nSPS) is 36.4. The first-order chi connectivity index (χ1) is 9.25. The van der Waals surface area contributed by atoms with Crippen LogP contribution >= 0.6 is 0 Å². The maximum Gasteiger partial charge on any atom is 0.229 e. The number of hydrogen-bond acceptors (Lipinski definition) is 2. The molecule has 3 nitrogen and oxygen atoms in total. The molecule has 3 heteroatoms. The predicted molar refractivity (Wildman–Crippen MR) is 71.1 cm³/mol. The number of benzene rings is 1. The Morgan fingerprint density at radius 1 is 1.26 bits per heavy atom. The molecular weight excluding hydrogens is 238 g/mol. The molecule has 1 aromatic rings. The number of fused-ring (bicyclic) bond motifs is 3. The predicted octanol–water partition coefficient (Wildman–Crippen LogP) is 2.51. The van der Waals surface area contributed by atoms with Crippen LogP contribution in [0.1, 0.15) is 25.1 Å². The number of amides is 1. The Kier molecular flexibility index (Phi) is 2.33. The van der Waals surface area contributed by atoms with Gasteiger partial charge in [-0.15, -0.1) is 0 Å². The van der Waals surface area contributed by atoms with Gasteiger partial charge in [-0.05, 0) is 13.3 Å². The van der Waals surface area contributed by atoms with Crippen LogP contribution in [-0.2, 0) is 9.53 Å². The van der Waals surface area contributed by atoms with E-state index < -0.39 is 0 Å². The van der Waals surface area contributed by atoms with Crippen molar-refractivity contribution in [2.24, 2.45) is 11.8 Å². The molecule has 0 unspecified atom stereocenters. The molecule has 4 rings (SSSR count). The molecule has 2 heterocycles. The minimum Gasteiger partial charge on any atom is -0.352 e. The van der Waals surface area contributed by atoms with Crippen LogP contribution in [0.5, 0.6) is 0 Å². The summed E-state index contributed by atoms with van der Waals surface area (Å²) in [6.07, 6.45) is 3.03. The second-order valence-electron chi connectivity index (χ2n) is 5.81. The van der Waals surface area contributed by atoms with Gasteiger partial charge < -0.3 is 9.64 Å². The van der Waals surface area contributed by atoms with Gasteiger partial charge in [0.15, 0.2) is 6.23 Å². The van der Waals surface area contributed by atoms with Crippen molar-refractivity contribution in [3.05, 3.63) is 47.5 Å². The van der Waals surface area contributed by atoms with Crippen molar-refractivity contribution in [3.63, 3.8) is 0 Å². The average molecular weight is 255 g/mol. The largest absolute Gasteiger partial charge is 0.352 e. The second-order valence-corrected chi connectivity index (χ2v) is 5.81. The van der Waals surface area contributed by atoms with Gasteiger partial charge in [-0.2, -0.15) is 0 Å². The summed E-state index contributed by atoms with van der Waals surface area (Å²) in [5, 5.41) is 0. The second kappa shape index (κ2) is 3.94. The molecule has 0 saturated carbocycles. The maximum atomic E-state index is 12.6. The fourth-order valence-corrected chi connectivity index (χ4v) is 3.79. The van der Waals surface area contributed by atoms with Crippen molar-refractivity contribution in [1.82, 2.24) is 4.90 Å². The molecule has 98 valence electrons.